The number of H-pyrrole nitrogens is 1. The Morgan fingerprint density at radius 1 is 1.21 bits per heavy atom. The molecule has 0 bridgehead atoms. The van der Waals surface area contributed by atoms with Crippen molar-refractivity contribution >= 4 is 28.6 Å². The fourth-order valence-corrected chi connectivity index (χ4v) is 7.44. The Bertz CT molecular complexity index is 1420. The number of para-hydroxylation sites is 1. The number of carbonyl (C=O) groups excluding carboxylic acids is 1. The highest BCUT2D eigenvalue weighted by molar-refractivity contribution is 7.98. The van der Waals surface area contributed by atoms with Gasteiger partial charge in [-0.15, -0.1) is 11.8 Å². The molecule has 2 aromatic heterocycles. The molecule has 5 rings (SSSR count). The van der Waals surface area contributed by atoms with Crippen molar-refractivity contribution in [3.63, 3.8) is 0 Å². The standard InChI is InChI=1S/C30H38F2N4O2S/c1-18-15-26(39-4)24(28(37)34-18)16-33-29(38)27-20(3)36(25-8-6-5-7-23(25)27)19(2)21-9-11-22(12-10-21)35-14-13-30(31,32)17-35/h5-8,15,19,21-22H,9-14,16-17H2,1-4H3,(H,33,38)(H,34,37)/t19-,21?,22?/m1/s1. The average Bonchev–Trinajstić information content (AvgIpc) is 3.42. The highest BCUT2D eigenvalue weighted by Gasteiger charge is 2.42. The third-order valence-electron chi connectivity index (χ3n) is 8.81. The van der Waals surface area contributed by atoms with Gasteiger partial charge in [-0.25, -0.2) is 8.78 Å². The largest absolute Gasteiger partial charge is 0.348 e. The van der Waals surface area contributed by atoms with Crippen LogP contribution >= 0.6 is 11.8 Å². The van der Waals surface area contributed by atoms with Gasteiger partial charge in [0.1, 0.15) is 0 Å². The molecule has 1 aliphatic heterocycles. The number of nitrogens with one attached hydrogen (secondary N) is 2. The molecule has 3 heterocycles. The van der Waals surface area contributed by atoms with Gasteiger partial charge < -0.3 is 14.9 Å². The number of carbonyl (C=O) groups is 1. The van der Waals surface area contributed by atoms with Gasteiger partial charge in [0.05, 0.1) is 12.1 Å². The number of benzene rings is 1. The van der Waals surface area contributed by atoms with Crippen LogP contribution in [0.5, 0.6) is 0 Å². The Balaban J connectivity index is 1.35. The van der Waals surface area contributed by atoms with Crippen LogP contribution in [0.2, 0.25) is 0 Å². The van der Waals surface area contributed by atoms with E-state index in [1.807, 2.05) is 49.3 Å². The zero-order chi connectivity index (χ0) is 27.9. The number of nitrogens with zero attached hydrogens (tertiary/aromatic N) is 2. The van der Waals surface area contributed by atoms with Crippen LogP contribution in [-0.2, 0) is 6.54 Å². The first-order chi connectivity index (χ1) is 18.6. The minimum atomic E-state index is -2.55. The van der Waals surface area contributed by atoms with Crippen molar-refractivity contribution in [2.75, 3.05) is 19.3 Å². The van der Waals surface area contributed by atoms with Crippen LogP contribution in [0, 0.1) is 19.8 Å². The van der Waals surface area contributed by atoms with E-state index in [9.17, 15) is 18.4 Å². The zero-order valence-electron chi connectivity index (χ0n) is 23.2. The van der Waals surface area contributed by atoms with E-state index in [0.717, 1.165) is 52.9 Å². The number of pyridine rings is 1. The number of likely N-dealkylation sites (tertiary alicyclic amines) is 1. The summed E-state index contributed by atoms with van der Waals surface area (Å²) in [6.07, 6.45) is 5.72. The Kier molecular flexibility index (Phi) is 7.93. The Morgan fingerprint density at radius 3 is 2.59 bits per heavy atom. The summed E-state index contributed by atoms with van der Waals surface area (Å²) >= 11 is 1.49. The Morgan fingerprint density at radius 2 is 1.92 bits per heavy atom. The maximum absolute atomic E-state index is 13.8. The van der Waals surface area contributed by atoms with Crippen molar-refractivity contribution in [2.45, 2.75) is 82.3 Å². The van der Waals surface area contributed by atoms with Gasteiger partial charge in [-0.05, 0) is 70.8 Å². The lowest BCUT2D eigenvalue weighted by atomic mass is 9.81. The lowest BCUT2D eigenvalue weighted by molar-refractivity contribution is 0.00392. The van der Waals surface area contributed by atoms with Crippen molar-refractivity contribution in [1.82, 2.24) is 19.8 Å². The molecule has 2 N–H and O–H groups in total. The first kappa shape index (κ1) is 27.9. The molecule has 1 amide bonds. The van der Waals surface area contributed by atoms with Gasteiger partial charge in [-0.1, -0.05) is 18.2 Å². The van der Waals surface area contributed by atoms with Crippen LogP contribution < -0.4 is 10.9 Å². The highest BCUT2D eigenvalue weighted by atomic mass is 32.2. The van der Waals surface area contributed by atoms with E-state index in [4.69, 9.17) is 0 Å². The predicted molar refractivity (Wildman–Crippen MR) is 153 cm³/mol. The normalized spacial score (nSPS) is 22.3. The van der Waals surface area contributed by atoms with E-state index in [-0.39, 0.29) is 43.1 Å². The summed E-state index contributed by atoms with van der Waals surface area (Å²) in [5.41, 5.74) is 3.74. The summed E-state index contributed by atoms with van der Waals surface area (Å²) in [6.45, 7) is 6.59. The second-order valence-electron chi connectivity index (χ2n) is 11.2. The smallest absolute Gasteiger partial charge is 0.261 e. The van der Waals surface area contributed by atoms with Crippen LogP contribution in [0.25, 0.3) is 10.9 Å². The fourth-order valence-electron chi connectivity index (χ4n) is 6.73. The first-order valence-electron chi connectivity index (χ1n) is 13.9. The summed E-state index contributed by atoms with van der Waals surface area (Å²) in [5, 5.41) is 3.90. The second kappa shape index (κ2) is 11.1. The first-order valence-corrected chi connectivity index (χ1v) is 15.1. The average molecular weight is 557 g/mol. The van der Waals surface area contributed by atoms with E-state index in [1.165, 1.54) is 11.8 Å². The van der Waals surface area contributed by atoms with Crippen LogP contribution in [-0.4, -0.2) is 51.7 Å². The molecule has 1 aromatic carbocycles. The van der Waals surface area contributed by atoms with Crippen molar-refractivity contribution < 1.29 is 13.6 Å². The number of aromatic amines is 1. The maximum Gasteiger partial charge on any atom is 0.261 e. The number of amides is 1. The van der Waals surface area contributed by atoms with Crippen LogP contribution in [0.1, 0.15) is 72.4 Å². The van der Waals surface area contributed by atoms with Gasteiger partial charge in [-0.2, -0.15) is 0 Å². The van der Waals surface area contributed by atoms with E-state index in [2.05, 4.69) is 27.9 Å². The van der Waals surface area contributed by atoms with Crippen molar-refractivity contribution in [1.29, 1.82) is 0 Å². The molecule has 0 radical (unpaired) electrons. The molecule has 0 unspecified atom stereocenters. The van der Waals surface area contributed by atoms with E-state index < -0.39 is 5.92 Å². The molecular weight excluding hydrogens is 518 g/mol. The monoisotopic (exact) mass is 556 g/mol. The second-order valence-corrected chi connectivity index (χ2v) is 12.1. The van der Waals surface area contributed by atoms with Gasteiger partial charge in [0.15, 0.2) is 0 Å². The molecule has 3 aromatic rings. The molecule has 0 spiro atoms. The topological polar surface area (TPSA) is 70.1 Å². The summed E-state index contributed by atoms with van der Waals surface area (Å²) < 4.78 is 29.8. The summed E-state index contributed by atoms with van der Waals surface area (Å²) in [7, 11) is 0. The van der Waals surface area contributed by atoms with E-state index in [1.54, 1.807) is 0 Å². The molecule has 2 aliphatic rings. The van der Waals surface area contributed by atoms with Gasteiger partial charge >= 0.3 is 0 Å². The van der Waals surface area contributed by atoms with Crippen LogP contribution in [0.15, 0.2) is 40.0 Å². The predicted octanol–water partition coefficient (Wildman–Crippen LogP) is 6.06. The fraction of sp³-hybridized carbons (Fsp3) is 0.533. The third kappa shape index (κ3) is 5.53. The van der Waals surface area contributed by atoms with Gasteiger partial charge in [-0.3, -0.25) is 14.5 Å². The van der Waals surface area contributed by atoms with Crippen molar-refractivity contribution in [3.05, 3.63) is 63.2 Å². The van der Waals surface area contributed by atoms with Gasteiger partial charge in [0.2, 0.25) is 0 Å². The summed E-state index contributed by atoms with van der Waals surface area (Å²) in [5.74, 6) is -2.34. The van der Waals surface area contributed by atoms with E-state index in [0.29, 0.717) is 23.6 Å². The molecule has 9 heteroatoms. The molecule has 1 aliphatic carbocycles. The molecule has 1 atom stereocenters. The Hall–Kier alpha value is -2.65. The lowest BCUT2D eigenvalue weighted by Crippen LogP contribution is -2.39. The number of hydrogen-bond donors (Lipinski definition) is 2. The van der Waals surface area contributed by atoms with E-state index >= 15 is 0 Å². The van der Waals surface area contributed by atoms with Crippen LogP contribution in [0.4, 0.5) is 8.78 Å². The molecule has 6 nitrogen and oxygen atoms in total. The number of alkyl halides is 2. The zero-order valence-corrected chi connectivity index (χ0v) is 24.0. The number of thioether (sulfide) groups is 1. The Labute approximate surface area is 232 Å². The van der Waals surface area contributed by atoms with Crippen molar-refractivity contribution in [3.8, 4) is 0 Å². The lowest BCUT2D eigenvalue weighted by Gasteiger charge is -2.37. The number of hydrogen-bond acceptors (Lipinski definition) is 4. The molecule has 210 valence electrons. The van der Waals surface area contributed by atoms with Crippen LogP contribution in [0.3, 0.4) is 0 Å². The molecule has 1 saturated heterocycles. The minimum Gasteiger partial charge on any atom is -0.348 e. The quantitative estimate of drug-likeness (QED) is 0.347. The van der Waals surface area contributed by atoms with Crippen molar-refractivity contribution in [2.24, 2.45) is 5.92 Å². The highest BCUT2D eigenvalue weighted by Crippen LogP contribution is 2.40. The molecule has 39 heavy (non-hydrogen) atoms. The number of aromatic nitrogens is 2. The number of halogens is 2. The van der Waals surface area contributed by atoms with Gasteiger partial charge in [0, 0.05) is 64.3 Å². The molecular formula is C30H38F2N4O2S. The number of aryl methyl sites for hydroxylation is 1. The maximum atomic E-state index is 13.8. The third-order valence-corrected chi connectivity index (χ3v) is 9.61. The minimum absolute atomic E-state index is 0.0282. The molecule has 1 saturated carbocycles. The van der Waals surface area contributed by atoms with Gasteiger partial charge in [0.25, 0.3) is 17.4 Å². The summed E-state index contributed by atoms with van der Waals surface area (Å²) in [4.78, 5) is 31.8. The molecule has 2 fully saturated rings. The summed E-state index contributed by atoms with van der Waals surface area (Å²) in [6, 6.07) is 10.3. The SMILES string of the molecule is CSc1cc(C)[nH]c(=O)c1CNC(=O)c1c(C)n([C@H](C)C2CCC(N3CCC(F)(F)C3)CC2)c2ccccc12. The number of fused-ring (bicyclic) bond motifs is 1. The number of rotatable bonds is 7.